The van der Waals surface area contributed by atoms with E-state index in [1.165, 1.54) is 18.2 Å². The topological polar surface area (TPSA) is 50.4 Å². The Bertz CT molecular complexity index is 561. The molecule has 0 bridgehead atoms. The van der Waals surface area contributed by atoms with Crippen LogP contribution in [0.2, 0.25) is 5.02 Å². The van der Waals surface area contributed by atoms with Crippen molar-refractivity contribution in [2.45, 2.75) is 31.9 Å². The largest absolute Gasteiger partial charge is 0.482 e. The molecule has 0 spiro atoms. The molecule has 2 N–H and O–H groups in total. The summed E-state index contributed by atoms with van der Waals surface area (Å²) in [7, 11) is 0. The number of ether oxygens (including phenoxy) is 1. The molecule has 1 aliphatic heterocycles. The molecule has 134 valence electrons. The molecule has 0 aromatic heterocycles. The first kappa shape index (κ1) is 18.9. The van der Waals surface area contributed by atoms with Gasteiger partial charge in [-0.2, -0.15) is 13.2 Å². The van der Waals surface area contributed by atoms with Gasteiger partial charge >= 0.3 is 6.18 Å². The van der Waals surface area contributed by atoms with Crippen LogP contribution in [-0.2, 0) is 4.79 Å². The minimum absolute atomic E-state index is 0.0491. The molecular weight excluding hydrogens is 345 g/mol. The van der Waals surface area contributed by atoms with E-state index in [1.54, 1.807) is 0 Å². The molecule has 1 aliphatic rings. The summed E-state index contributed by atoms with van der Waals surface area (Å²) in [5.41, 5.74) is 0.155. The normalized spacial score (nSPS) is 16.0. The number of anilines is 1. The van der Waals surface area contributed by atoms with Gasteiger partial charge in [-0.05, 0) is 56.5 Å². The van der Waals surface area contributed by atoms with Crippen LogP contribution in [0, 0.1) is 5.92 Å². The standard InChI is InChI=1S/C16H20ClF3N2O2/c17-12-2-3-14(24-10-16(18,19)20)13(9-12)22-15(23)4-1-11-5-7-21-8-6-11/h2-3,9,11,21H,1,4-8,10H2,(H,22,23). The van der Waals surface area contributed by atoms with Crippen molar-refractivity contribution in [2.75, 3.05) is 25.0 Å². The molecule has 0 atom stereocenters. The van der Waals surface area contributed by atoms with Crippen molar-refractivity contribution in [2.24, 2.45) is 5.92 Å². The highest BCUT2D eigenvalue weighted by Gasteiger charge is 2.29. The van der Waals surface area contributed by atoms with E-state index < -0.39 is 12.8 Å². The van der Waals surface area contributed by atoms with E-state index in [1.807, 2.05) is 0 Å². The van der Waals surface area contributed by atoms with Crippen LogP contribution in [0.5, 0.6) is 5.75 Å². The van der Waals surface area contributed by atoms with Crippen molar-refractivity contribution < 1.29 is 22.7 Å². The van der Waals surface area contributed by atoms with E-state index in [0.29, 0.717) is 17.4 Å². The van der Waals surface area contributed by atoms with E-state index in [9.17, 15) is 18.0 Å². The molecule has 0 aliphatic carbocycles. The minimum Gasteiger partial charge on any atom is -0.482 e. The highest BCUT2D eigenvalue weighted by Crippen LogP contribution is 2.30. The lowest BCUT2D eigenvalue weighted by Gasteiger charge is -2.22. The summed E-state index contributed by atoms with van der Waals surface area (Å²) in [5, 5.41) is 6.16. The minimum atomic E-state index is -4.45. The van der Waals surface area contributed by atoms with Crippen LogP contribution < -0.4 is 15.4 Å². The molecule has 24 heavy (non-hydrogen) atoms. The molecular formula is C16H20ClF3N2O2. The molecule has 1 amide bonds. The molecule has 8 heteroatoms. The van der Waals surface area contributed by atoms with E-state index in [0.717, 1.165) is 32.4 Å². The number of carbonyl (C=O) groups excluding carboxylic acids is 1. The lowest BCUT2D eigenvalue weighted by Crippen LogP contribution is -2.28. The molecule has 1 aromatic rings. The van der Waals surface area contributed by atoms with E-state index in [4.69, 9.17) is 16.3 Å². The zero-order valence-corrected chi connectivity index (χ0v) is 13.8. The van der Waals surface area contributed by atoms with Gasteiger partial charge in [-0.25, -0.2) is 0 Å². The van der Waals surface area contributed by atoms with Gasteiger partial charge in [0.05, 0.1) is 5.69 Å². The molecule has 0 unspecified atom stereocenters. The van der Waals surface area contributed by atoms with Gasteiger partial charge in [0, 0.05) is 11.4 Å². The summed E-state index contributed by atoms with van der Waals surface area (Å²) in [6, 6.07) is 4.12. The third-order valence-electron chi connectivity index (χ3n) is 3.85. The zero-order valence-electron chi connectivity index (χ0n) is 13.1. The fourth-order valence-corrected chi connectivity index (χ4v) is 2.78. The highest BCUT2D eigenvalue weighted by atomic mass is 35.5. The van der Waals surface area contributed by atoms with Crippen LogP contribution in [0.15, 0.2) is 18.2 Å². The first-order chi connectivity index (χ1) is 11.3. The van der Waals surface area contributed by atoms with Crippen LogP contribution in [0.3, 0.4) is 0 Å². The molecule has 0 saturated carbocycles. The summed E-state index contributed by atoms with van der Waals surface area (Å²) in [5.74, 6) is 0.192. The second kappa shape index (κ2) is 8.58. The molecule has 2 rings (SSSR count). The Balaban J connectivity index is 1.91. The fraction of sp³-hybridized carbons (Fsp3) is 0.562. The third-order valence-corrected chi connectivity index (χ3v) is 4.08. The van der Waals surface area contributed by atoms with Gasteiger partial charge in [0.2, 0.25) is 5.91 Å². The summed E-state index contributed by atoms with van der Waals surface area (Å²) < 4.78 is 41.6. The van der Waals surface area contributed by atoms with Gasteiger partial charge in [0.15, 0.2) is 6.61 Å². The average Bonchev–Trinajstić information content (AvgIpc) is 2.52. The van der Waals surface area contributed by atoms with Crippen LogP contribution in [-0.4, -0.2) is 31.8 Å². The number of carbonyl (C=O) groups is 1. The van der Waals surface area contributed by atoms with Crippen molar-refractivity contribution in [1.82, 2.24) is 5.32 Å². The maximum absolute atomic E-state index is 12.3. The number of piperidine rings is 1. The monoisotopic (exact) mass is 364 g/mol. The highest BCUT2D eigenvalue weighted by molar-refractivity contribution is 6.31. The Labute approximate surface area is 143 Å². The lowest BCUT2D eigenvalue weighted by atomic mass is 9.93. The summed E-state index contributed by atoms with van der Waals surface area (Å²) in [4.78, 5) is 12.1. The number of benzene rings is 1. The van der Waals surface area contributed by atoms with Crippen molar-refractivity contribution >= 4 is 23.2 Å². The molecule has 1 heterocycles. The summed E-state index contributed by atoms with van der Waals surface area (Å²) in [6.45, 7) is 0.485. The fourth-order valence-electron chi connectivity index (χ4n) is 2.60. The Kier molecular flexibility index (Phi) is 6.74. The van der Waals surface area contributed by atoms with E-state index in [2.05, 4.69) is 10.6 Å². The predicted molar refractivity (Wildman–Crippen MR) is 86.5 cm³/mol. The van der Waals surface area contributed by atoms with Gasteiger partial charge in [-0.3, -0.25) is 4.79 Å². The van der Waals surface area contributed by atoms with Crippen molar-refractivity contribution in [3.8, 4) is 5.75 Å². The molecule has 1 fully saturated rings. The Morgan fingerprint density at radius 3 is 2.71 bits per heavy atom. The first-order valence-electron chi connectivity index (χ1n) is 7.83. The van der Waals surface area contributed by atoms with Gasteiger partial charge < -0.3 is 15.4 Å². The SMILES string of the molecule is O=C(CCC1CCNCC1)Nc1cc(Cl)ccc1OCC(F)(F)F. The average molecular weight is 365 g/mol. The maximum Gasteiger partial charge on any atom is 0.422 e. The van der Waals surface area contributed by atoms with E-state index >= 15 is 0 Å². The molecule has 1 aromatic carbocycles. The van der Waals surface area contributed by atoms with Crippen LogP contribution in [0.4, 0.5) is 18.9 Å². The summed E-state index contributed by atoms with van der Waals surface area (Å²) >= 11 is 5.85. The second-order valence-electron chi connectivity index (χ2n) is 5.82. The number of alkyl halides is 3. The summed E-state index contributed by atoms with van der Waals surface area (Å²) in [6.07, 6.45) is -1.31. The van der Waals surface area contributed by atoms with Crippen molar-refractivity contribution in [3.63, 3.8) is 0 Å². The Morgan fingerprint density at radius 2 is 2.04 bits per heavy atom. The first-order valence-corrected chi connectivity index (χ1v) is 8.21. The number of amides is 1. The third kappa shape index (κ3) is 6.57. The van der Waals surface area contributed by atoms with Gasteiger partial charge in [0.1, 0.15) is 5.75 Å². The Hall–Kier alpha value is -1.47. The van der Waals surface area contributed by atoms with E-state index in [-0.39, 0.29) is 17.3 Å². The maximum atomic E-state index is 12.3. The van der Waals surface area contributed by atoms with Crippen molar-refractivity contribution in [3.05, 3.63) is 23.2 Å². The zero-order chi connectivity index (χ0) is 17.6. The number of hydrogen-bond acceptors (Lipinski definition) is 3. The van der Waals surface area contributed by atoms with Gasteiger partial charge in [-0.1, -0.05) is 11.6 Å². The quantitative estimate of drug-likeness (QED) is 0.802. The number of hydrogen-bond donors (Lipinski definition) is 2. The van der Waals surface area contributed by atoms with Crippen molar-refractivity contribution in [1.29, 1.82) is 0 Å². The number of nitrogens with one attached hydrogen (secondary N) is 2. The second-order valence-corrected chi connectivity index (χ2v) is 6.26. The lowest BCUT2D eigenvalue weighted by molar-refractivity contribution is -0.153. The van der Waals surface area contributed by atoms with Crippen LogP contribution in [0.1, 0.15) is 25.7 Å². The van der Waals surface area contributed by atoms with Crippen LogP contribution in [0.25, 0.3) is 0 Å². The Morgan fingerprint density at radius 1 is 1.33 bits per heavy atom. The number of halogens is 4. The molecule has 0 radical (unpaired) electrons. The molecule has 1 saturated heterocycles. The van der Waals surface area contributed by atoms with Gasteiger partial charge in [-0.15, -0.1) is 0 Å². The predicted octanol–water partition coefficient (Wildman–Crippen LogP) is 4.00. The molecule has 4 nitrogen and oxygen atoms in total. The van der Waals surface area contributed by atoms with Crippen LogP contribution >= 0.6 is 11.6 Å². The van der Waals surface area contributed by atoms with Gasteiger partial charge in [0.25, 0.3) is 0 Å². The smallest absolute Gasteiger partial charge is 0.422 e. The number of rotatable bonds is 6.